The van der Waals surface area contributed by atoms with Crippen LogP contribution in [0.15, 0.2) is 18.2 Å². The third kappa shape index (κ3) is 3.22. The molecule has 1 aromatic carbocycles. The van der Waals surface area contributed by atoms with Gasteiger partial charge in [0.1, 0.15) is 0 Å². The fraction of sp³-hybridized carbons (Fsp3) is 0.600. The van der Waals surface area contributed by atoms with Crippen molar-refractivity contribution in [3.05, 3.63) is 29.6 Å². The van der Waals surface area contributed by atoms with E-state index in [1.807, 2.05) is 6.07 Å². The van der Waals surface area contributed by atoms with E-state index < -0.39 is 0 Å². The molecule has 0 heterocycles. The second-order valence-corrected chi connectivity index (χ2v) is 5.22. The van der Waals surface area contributed by atoms with Gasteiger partial charge in [-0.05, 0) is 49.3 Å². The van der Waals surface area contributed by atoms with Crippen LogP contribution in [0.3, 0.4) is 0 Å². The van der Waals surface area contributed by atoms with E-state index in [9.17, 15) is 4.39 Å². The molecule has 1 aromatic rings. The van der Waals surface area contributed by atoms with E-state index in [-0.39, 0.29) is 5.82 Å². The van der Waals surface area contributed by atoms with Gasteiger partial charge in [-0.2, -0.15) is 0 Å². The van der Waals surface area contributed by atoms with Crippen molar-refractivity contribution in [1.82, 2.24) is 0 Å². The quantitative estimate of drug-likeness (QED) is 0.891. The molecule has 0 aliphatic heterocycles. The molecule has 18 heavy (non-hydrogen) atoms. The van der Waals surface area contributed by atoms with Crippen molar-refractivity contribution in [2.24, 2.45) is 11.7 Å². The zero-order valence-electron chi connectivity index (χ0n) is 11.0. The second-order valence-electron chi connectivity index (χ2n) is 5.22. The molecule has 0 saturated heterocycles. The van der Waals surface area contributed by atoms with Crippen LogP contribution in [0.25, 0.3) is 0 Å². The van der Waals surface area contributed by atoms with Crippen molar-refractivity contribution >= 4 is 0 Å². The van der Waals surface area contributed by atoms with E-state index in [4.69, 9.17) is 10.5 Å². The molecule has 0 spiro atoms. The average Bonchev–Trinajstić information content (AvgIpc) is 2.38. The molecule has 1 aliphatic rings. The summed E-state index contributed by atoms with van der Waals surface area (Å²) in [5, 5.41) is 0. The summed E-state index contributed by atoms with van der Waals surface area (Å²) in [5.74, 6) is 0.639. The maximum Gasteiger partial charge on any atom is 0.165 e. The number of halogens is 1. The minimum Gasteiger partial charge on any atom is -0.494 e. The van der Waals surface area contributed by atoms with Gasteiger partial charge in [-0.25, -0.2) is 4.39 Å². The van der Waals surface area contributed by atoms with E-state index in [1.165, 1.54) is 26.4 Å². The van der Waals surface area contributed by atoms with Gasteiger partial charge in [0, 0.05) is 6.04 Å². The topological polar surface area (TPSA) is 35.2 Å². The van der Waals surface area contributed by atoms with E-state index in [2.05, 4.69) is 0 Å². The lowest BCUT2D eigenvalue weighted by atomic mass is 9.81. The summed E-state index contributed by atoms with van der Waals surface area (Å²) in [6.45, 7) is 0. The Balaban J connectivity index is 1.91. The Hall–Kier alpha value is -1.09. The van der Waals surface area contributed by atoms with Crippen LogP contribution in [0.1, 0.15) is 37.7 Å². The number of hydrogen-bond donors (Lipinski definition) is 1. The number of methoxy groups -OCH3 is 1. The predicted octanol–water partition coefficient (Wildman–Crippen LogP) is 3.28. The van der Waals surface area contributed by atoms with Gasteiger partial charge in [-0.15, -0.1) is 0 Å². The van der Waals surface area contributed by atoms with E-state index >= 15 is 0 Å². The van der Waals surface area contributed by atoms with Crippen LogP contribution in [0.2, 0.25) is 0 Å². The summed E-state index contributed by atoms with van der Waals surface area (Å²) >= 11 is 0. The standard InChI is InChI=1S/C15H22FNO/c1-18-15-9-7-11(10-13(15)16)6-8-12-4-2-3-5-14(12)17/h7,9-10,12,14H,2-6,8,17H2,1H3. The van der Waals surface area contributed by atoms with Crippen LogP contribution in [0, 0.1) is 11.7 Å². The molecule has 2 unspecified atom stereocenters. The number of benzene rings is 1. The predicted molar refractivity (Wildman–Crippen MR) is 71.2 cm³/mol. The van der Waals surface area contributed by atoms with Gasteiger partial charge in [-0.1, -0.05) is 18.9 Å². The Morgan fingerprint density at radius 2 is 2.11 bits per heavy atom. The van der Waals surface area contributed by atoms with Crippen molar-refractivity contribution in [1.29, 1.82) is 0 Å². The van der Waals surface area contributed by atoms with Crippen molar-refractivity contribution in [2.45, 2.75) is 44.6 Å². The molecule has 0 radical (unpaired) electrons. The van der Waals surface area contributed by atoms with E-state index in [0.717, 1.165) is 24.8 Å². The summed E-state index contributed by atoms with van der Waals surface area (Å²) in [6.07, 6.45) is 6.87. The summed E-state index contributed by atoms with van der Waals surface area (Å²) < 4.78 is 18.5. The zero-order valence-corrected chi connectivity index (χ0v) is 11.0. The Labute approximate surface area is 108 Å². The largest absolute Gasteiger partial charge is 0.494 e. The molecule has 1 fully saturated rings. The summed E-state index contributed by atoms with van der Waals surface area (Å²) in [7, 11) is 1.49. The summed E-state index contributed by atoms with van der Waals surface area (Å²) in [6, 6.07) is 5.55. The van der Waals surface area contributed by atoms with Crippen molar-refractivity contribution < 1.29 is 9.13 Å². The molecule has 0 bridgehead atoms. The Kier molecular flexibility index (Phi) is 4.59. The van der Waals surface area contributed by atoms with E-state index in [1.54, 1.807) is 12.1 Å². The molecular formula is C15H22FNO. The molecule has 2 atom stereocenters. The summed E-state index contributed by atoms with van der Waals surface area (Å²) in [4.78, 5) is 0. The molecule has 2 N–H and O–H groups in total. The van der Waals surface area contributed by atoms with Crippen LogP contribution >= 0.6 is 0 Å². The first kappa shape index (κ1) is 13.3. The van der Waals surface area contributed by atoms with Crippen LogP contribution < -0.4 is 10.5 Å². The molecule has 3 heteroatoms. The highest BCUT2D eigenvalue weighted by Crippen LogP contribution is 2.27. The van der Waals surface area contributed by atoms with E-state index in [0.29, 0.717) is 17.7 Å². The first-order chi connectivity index (χ1) is 8.70. The maximum atomic E-state index is 13.5. The second kappa shape index (κ2) is 6.19. The summed E-state index contributed by atoms with van der Waals surface area (Å²) in [5.41, 5.74) is 7.16. The van der Waals surface area contributed by atoms with Crippen molar-refractivity contribution in [2.75, 3.05) is 7.11 Å². The molecule has 1 aliphatic carbocycles. The van der Waals surface area contributed by atoms with Gasteiger partial charge < -0.3 is 10.5 Å². The van der Waals surface area contributed by atoms with Gasteiger partial charge in [0.25, 0.3) is 0 Å². The molecule has 0 aromatic heterocycles. The number of rotatable bonds is 4. The maximum absolute atomic E-state index is 13.5. The van der Waals surface area contributed by atoms with Crippen molar-refractivity contribution in [3.63, 3.8) is 0 Å². The average molecular weight is 251 g/mol. The highest BCUT2D eigenvalue weighted by Gasteiger charge is 2.21. The highest BCUT2D eigenvalue weighted by molar-refractivity contribution is 5.29. The zero-order chi connectivity index (χ0) is 13.0. The third-order valence-corrected chi connectivity index (χ3v) is 3.99. The first-order valence-corrected chi connectivity index (χ1v) is 6.78. The lowest BCUT2D eigenvalue weighted by Crippen LogP contribution is -2.33. The molecule has 100 valence electrons. The van der Waals surface area contributed by atoms with Gasteiger partial charge in [0.15, 0.2) is 11.6 Å². The van der Waals surface area contributed by atoms with Gasteiger partial charge in [0.2, 0.25) is 0 Å². The number of nitrogens with two attached hydrogens (primary N) is 1. The lowest BCUT2D eigenvalue weighted by molar-refractivity contribution is 0.292. The lowest BCUT2D eigenvalue weighted by Gasteiger charge is -2.28. The minimum atomic E-state index is -0.275. The molecular weight excluding hydrogens is 229 g/mol. The van der Waals surface area contributed by atoms with Crippen LogP contribution in [-0.4, -0.2) is 13.2 Å². The number of aryl methyl sites for hydroxylation is 1. The molecule has 1 saturated carbocycles. The SMILES string of the molecule is COc1ccc(CCC2CCCCC2N)cc1F. The van der Waals surface area contributed by atoms with Gasteiger partial charge >= 0.3 is 0 Å². The first-order valence-electron chi connectivity index (χ1n) is 6.78. The Morgan fingerprint density at radius 3 is 2.78 bits per heavy atom. The number of hydrogen-bond acceptors (Lipinski definition) is 2. The molecule has 2 nitrogen and oxygen atoms in total. The fourth-order valence-electron chi connectivity index (χ4n) is 2.81. The number of ether oxygens (including phenoxy) is 1. The van der Waals surface area contributed by atoms with Crippen LogP contribution in [0.4, 0.5) is 4.39 Å². The van der Waals surface area contributed by atoms with Crippen LogP contribution in [-0.2, 0) is 6.42 Å². The Bertz CT molecular complexity index is 394. The van der Waals surface area contributed by atoms with Gasteiger partial charge in [-0.3, -0.25) is 0 Å². The van der Waals surface area contributed by atoms with Crippen molar-refractivity contribution in [3.8, 4) is 5.75 Å². The van der Waals surface area contributed by atoms with Gasteiger partial charge in [0.05, 0.1) is 7.11 Å². The van der Waals surface area contributed by atoms with Crippen LogP contribution in [0.5, 0.6) is 5.75 Å². The molecule has 0 amide bonds. The monoisotopic (exact) mass is 251 g/mol. The third-order valence-electron chi connectivity index (χ3n) is 3.99. The fourth-order valence-corrected chi connectivity index (χ4v) is 2.81. The molecule has 2 rings (SSSR count). The normalized spacial score (nSPS) is 23.9. The Morgan fingerprint density at radius 1 is 1.33 bits per heavy atom. The highest BCUT2D eigenvalue weighted by atomic mass is 19.1. The minimum absolute atomic E-state index is 0.275. The smallest absolute Gasteiger partial charge is 0.165 e.